The monoisotopic (exact) mass is 266 g/mol. The zero-order chi connectivity index (χ0) is 12.4. The average Bonchev–Trinajstić information content (AvgIpc) is 3.09. The molecule has 1 N–H and O–H groups in total. The fraction of sp³-hybridized carbons (Fsp3) is 0.846. The molecule has 0 amide bonds. The van der Waals surface area contributed by atoms with Gasteiger partial charge in [0.25, 0.3) is 0 Å². The fourth-order valence-corrected chi connectivity index (χ4v) is 4.24. The quantitative estimate of drug-likeness (QED) is 0.910. The summed E-state index contributed by atoms with van der Waals surface area (Å²) in [5.41, 5.74) is 0. The van der Waals surface area contributed by atoms with Crippen LogP contribution in [-0.2, 0) is 6.54 Å². The van der Waals surface area contributed by atoms with E-state index in [-0.39, 0.29) is 0 Å². The minimum Gasteiger partial charge on any atom is -0.363 e. The minimum atomic E-state index is 0.814. The highest BCUT2D eigenvalue weighted by Crippen LogP contribution is 2.36. The van der Waals surface area contributed by atoms with Crippen molar-refractivity contribution in [1.82, 2.24) is 15.1 Å². The third-order valence-electron chi connectivity index (χ3n) is 4.38. The van der Waals surface area contributed by atoms with Gasteiger partial charge in [-0.05, 0) is 38.1 Å². The summed E-state index contributed by atoms with van der Waals surface area (Å²) in [5, 5.41) is 13.6. The highest BCUT2D eigenvalue weighted by Gasteiger charge is 2.33. The standard InChI is InChI=1S/C13H22N4S/c1-14-13-16-15-12(18-13)9-17-8-4-7-11(17)10-5-2-3-6-10/h10-11H,2-9H2,1H3,(H,14,16). The molecule has 1 unspecified atom stereocenters. The van der Waals surface area contributed by atoms with Crippen LogP contribution in [0.3, 0.4) is 0 Å². The van der Waals surface area contributed by atoms with Gasteiger partial charge in [0.1, 0.15) is 5.01 Å². The van der Waals surface area contributed by atoms with Gasteiger partial charge in [0.2, 0.25) is 5.13 Å². The summed E-state index contributed by atoms with van der Waals surface area (Å²) >= 11 is 1.69. The fourth-order valence-electron chi connectivity index (χ4n) is 3.52. The molecule has 18 heavy (non-hydrogen) atoms. The second-order valence-electron chi connectivity index (χ2n) is 5.48. The summed E-state index contributed by atoms with van der Waals surface area (Å²) in [6, 6.07) is 0.814. The highest BCUT2D eigenvalue weighted by molar-refractivity contribution is 7.15. The first kappa shape index (κ1) is 12.4. The summed E-state index contributed by atoms with van der Waals surface area (Å²) < 4.78 is 0. The SMILES string of the molecule is CNc1nnc(CN2CCCC2C2CCCC2)s1. The van der Waals surface area contributed by atoms with E-state index >= 15 is 0 Å². The van der Waals surface area contributed by atoms with Crippen LogP contribution >= 0.6 is 11.3 Å². The van der Waals surface area contributed by atoms with Gasteiger partial charge in [-0.15, -0.1) is 10.2 Å². The zero-order valence-corrected chi connectivity index (χ0v) is 11.9. The van der Waals surface area contributed by atoms with Crippen LogP contribution in [0.25, 0.3) is 0 Å². The molecular formula is C13H22N4S. The smallest absolute Gasteiger partial charge is 0.205 e. The summed E-state index contributed by atoms with van der Waals surface area (Å²) in [7, 11) is 1.90. The van der Waals surface area contributed by atoms with Crippen molar-refractivity contribution in [2.24, 2.45) is 5.92 Å². The van der Waals surface area contributed by atoms with Crippen LogP contribution in [0.2, 0.25) is 0 Å². The third-order valence-corrected chi connectivity index (χ3v) is 5.30. The molecule has 0 spiro atoms. The molecule has 2 aliphatic rings. The average molecular weight is 266 g/mol. The summed E-state index contributed by atoms with van der Waals surface area (Å²) in [4.78, 5) is 2.65. The number of nitrogens with one attached hydrogen (secondary N) is 1. The van der Waals surface area contributed by atoms with Crippen LogP contribution in [0.15, 0.2) is 0 Å². The van der Waals surface area contributed by atoms with E-state index in [1.54, 1.807) is 11.3 Å². The molecule has 3 rings (SSSR count). The molecule has 2 fully saturated rings. The molecule has 1 atom stereocenters. The first-order valence-electron chi connectivity index (χ1n) is 7.11. The van der Waals surface area contributed by atoms with Crippen LogP contribution in [0.1, 0.15) is 43.5 Å². The molecule has 1 aromatic rings. The van der Waals surface area contributed by atoms with E-state index < -0.39 is 0 Å². The summed E-state index contributed by atoms with van der Waals surface area (Å²) in [6.45, 7) is 2.25. The van der Waals surface area contributed by atoms with Crippen molar-refractivity contribution in [2.45, 2.75) is 51.1 Å². The van der Waals surface area contributed by atoms with Crippen molar-refractivity contribution in [1.29, 1.82) is 0 Å². The number of likely N-dealkylation sites (tertiary alicyclic amines) is 1. The van der Waals surface area contributed by atoms with Crippen LogP contribution in [-0.4, -0.2) is 34.7 Å². The minimum absolute atomic E-state index is 0.814. The molecule has 1 saturated heterocycles. The molecule has 1 aliphatic carbocycles. The van der Waals surface area contributed by atoms with E-state index in [0.717, 1.165) is 28.6 Å². The highest BCUT2D eigenvalue weighted by atomic mass is 32.1. The Morgan fingerprint density at radius 2 is 2.06 bits per heavy atom. The van der Waals surface area contributed by atoms with Crippen molar-refractivity contribution in [3.05, 3.63) is 5.01 Å². The van der Waals surface area contributed by atoms with Crippen LogP contribution in [0, 0.1) is 5.92 Å². The lowest BCUT2D eigenvalue weighted by molar-refractivity contribution is 0.182. The Morgan fingerprint density at radius 3 is 2.78 bits per heavy atom. The number of aromatic nitrogens is 2. The first-order chi connectivity index (χ1) is 8.86. The van der Waals surface area contributed by atoms with Crippen molar-refractivity contribution < 1.29 is 0 Å². The molecule has 5 heteroatoms. The normalized spacial score (nSPS) is 25.9. The largest absolute Gasteiger partial charge is 0.363 e. The predicted octanol–water partition coefficient (Wildman–Crippen LogP) is 2.73. The van der Waals surface area contributed by atoms with Crippen LogP contribution in [0.5, 0.6) is 0 Å². The van der Waals surface area contributed by atoms with Crippen LogP contribution in [0.4, 0.5) is 5.13 Å². The number of hydrogen-bond donors (Lipinski definition) is 1. The molecule has 1 saturated carbocycles. The zero-order valence-electron chi connectivity index (χ0n) is 11.1. The van der Waals surface area contributed by atoms with Crippen LogP contribution < -0.4 is 5.32 Å². The number of rotatable bonds is 4. The summed E-state index contributed by atoms with van der Waals surface area (Å²) in [6.07, 6.45) is 8.52. The Hall–Kier alpha value is -0.680. The van der Waals surface area contributed by atoms with Gasteiger partial charge < -0.3 is 5.32 Å². The molecule has 0 aromatic carbocycles. The van der Waals surface area contributed by atoms with Gasteiger partial charge in [0.05, 0.1) is 6.54 Å². The van der Waals surface area contributed by atoms with E-state index in [2.05, 4.69) is 20.4 Å². The van der Waals surface area contributed by atoms with E-state index in [1.807, 2.05) is 7.05 Å². The van der Waals surface area contributed by atoms with Gasteiger partial charge in [-0.25, -0.2) is 0 Å². The summed E-state index contributed by atoms with van der Waals surface area (Å²) in [5.74, 6) is 0.948. The van der Waals surface area contributed by atoms with Crippen molar-refractivity contribution >= 4 is 16.5 Å². The maximum atomic E-state index is 4.28. The lowest BCUT2D eigenvalue weighted by Crippen LogP contribution is -2.34. The molecule has 4 nitrogen and oxygen atoms in total. The van der Waals surface area contributed by atoms with Gasteiger partial charge in [0, 0.05) is 13.1 Å². The van der Waals surface area contributed by atoms with Gasteiger partial charge in [-0.1, -0.05) is 24.2 Å². The lowest BCUT2D eigenvalue weighted by atomic mass is 9.96. The number of nitrogens with zero attached hydrogens (tertiary/aromatic N) is 3. The molecule has 1 aliphatic heterocycles. The maximum absolute atomic E-state index is 4.28. The number of hydrogen-bond acceptors (Lipinski definition) is 5. The Kier molecular flexibility index (Phi) is 3.80. The van der Waals surface area contributed by atoms with Gasteiger partial charge >= 0.3 is 0 Å². The Balaban J connectivity index is 1.63. The number of anilines is 1. The molecule has 1 aromatic heterocycles. The van der Waals surface area contributed by atoms with Gasteiger partial charge in [0.15, 0.2) is 0 Å². The van der Waals surface area contributed by atoms with E-state index in [4.69, 9.17) is 0 Å². The van der Waals surface area contributed by atoms with Gasteiger partial charge in [-0.3, -0.25) is 4.90 Å². The first-order valence-corrected chi connectivity index (χ1v) is 7.92. The van der Waals surface area contributed by atoms with Crippen molar-refractivity contribution in [2.75, 3.05) is 18.9 Å². The molecular weight excluding hydrogens is 244 g/mol. The molecule has 100 valence electrons. The van der Waals surface area contributed by atoms with E-state index in [9.17, 15) is 0 Å². The Morgan fingerprint density at radius 1 is 1.22 bits per heavy atom. The second-order valence-corrected chi connectivity index (χ2v) is 6.54. The lowest BCUT2D eigenvalue weighted by Gasteiger charge is -2.28. The maximum Gasteiger partial charge on any atom is 0.205 e. The van der Waals surface area contributed by atoms with Crippen molar-refractivity contribution in [3.63, 3.8) is 0 Å². The molecule has 0 radical (unpaired) electrons. The van der Waals surface area contributed by atoms with E-state index in [0.29, 0.717) is 0 Å². The topological polar surface area (TPSA) is 41.1 Å². The Labute approximate surface area is 113 Å². The second kappa shape index (κ2) is 5.53. The van der Waals surface area contributed by atoms with E-state index in [1.165, 1.54) is 45.1 Å². The molecule has 0 bridgehead atoms. The Bertz CT molecular complexity index is 386. The van der Waals surface area contributed by atoms with Crippen molar-refractivity contribution in [3.8, 4) is 0 Å². The van der Waals surface area contributed by atoms with Gasteiger partial charge in [-0.2, -0.15) is 0 Å². The molecule has 2 heterocycles. The predicted molar refractivity (Wildman–Crippen MR) is 74.8 cm³/mol. The third kappa shape index (κ3) is 2.52.